The van der Waals surface area contributed by atoms with Gasteiger partial charge in [-0.15, -0.1) is 0 Å². The minimum absolute atomic E-state index is 0.0367. The Kier molecular flexibility index (Phi) is 4.88. The van der Waals surface area contributed by atoms with E-state index >= 15 is 0 Å². The van der Waals surface area contributed by atoms with Gasteiger partial charge in [-0.05, 0) is 30.6 Å². The first-order valence-corrected chi connectivity index (χ1v) is 8.11. The third-order valence-corrected chi connectivity index (χ3v) is 4.95. The van der Waals surface area contributed by atoms with E-state index in [1.54, 1.807) is 0 Å². The van der Waals surface area contributed by atoms with Crippen molar-refractivity contribution < 1.29 is 4.79 Å². The van der Waals surface area contributed by atoms with Crippen LogP contribution in [0.15, 0.2) is 0 Å². The zero-order valence-electron chi connectivity index (χ0n) is 13.0. The molecule has 1 aliphatic carbocycles. The molecule has 1 heterocycles. The second kappa shape index (κ2) is 6.25. The lowest BCUT2D eigenvalue weighted by atomic mass is 10.0. The third kappa shape index (κ3) is 3.13. The number of rotatable bonds is 5. The Labute approximate surface area is 118 Å². The molecule has 2 fully saturated rings. The number of nitrogens with zero attached hydrogens (tertiary/aromatic N) is 1. The lowest BCUT2D eigenvalue weighted by molar-refractivity contribution is -0.131. The molecule has 0 bridgehead atoms. The van der Waals surface area contributed by atoms with Gasteiger partial charge in [0.1, 0.15) is 0 Å². The standard InChI is InChI=1S/C16H30N2O/c1-5-12(4)10-18-15(13-8-6-7-9-13)17-14(11(2)3)16(18)19/h11-15,17H,5-10H2,1-4H3. The molecular formula is C16H30N2O. The third-order valence-electron chi connectivity index (χ3n) is 4.95. The Morgan fingerprint density at radius 1 is 1.26 bits per heavy atom. The Morgan fingerprint density at radius 3 is 2.42 bits per heavy atom. The van der Waals surface area contributed by atoms with Crippen molar-refractivity contribution in [2.75, 3.05) is 6.54 Å². The van der Waals surface area contributed by atoms with Gasteiger partial charge in [0.15, 0.2) is 0 Å². The fourth-order valence-corrected chi connectivity index (χ4v) is 3.47. The molecule has 0 radical (unpaired) electrons. The molecule has 19 heavy (non-hydrogen) atoms. The summed E-state index contributed by atoms with van der Waals surface area (Å²) in [5.74, 6) is 2.00. The van der Waals surface area contributed by atoms with E-state index in [4.69, 9.17) is 0 Å². The summed E-state index contributed by atoms with van der Waals surface area (Å²) in [7, 11) is 0. The first-order chi connectivity index (χ1) is 9.04. The average molecular weight is 266 g/mol. The SMILES string of the molecule is CCC(C)CN1C(=O)C(C(C)C)NC1C1CCCC1. The van der Waals surface area contributed by atoms with E-state index in [-0.39, 0.29) is 6.04 Å². The number of carbonyl (C=O) groups excluding carboxylic acids is 1. The highest BCUT2D eigenvalue weighted by Gasteiger charge is 2.44. The molecule has 2 aliphatic rings. The molecule has 3 nitrogen and oxygen atoms in total. The molecule has 2 rings (SSSR count). The van der Waals surface area contributed by atoms with Crippen molar-refractivity contribution in [2.24, 2.45) is 17.8 Å². The van der Waals surface area contributed by atoms with Crippen molar-refractivity contribution in [2.45, 2.75) is 72.0 Å². The zero-order valence-corrected chi connectivity index (χ0v) is 13.0. The first-order valence-electron chi connectivity index (χ1n) is 8.11. The summed E-state index contributed by atoms with van der Waals surface area (Å²) < 4.78 is 0. The number of nitrogens with one attached hydrogen (secondary N) is 1. The molecule has 1 saturated carbocycles. The number of carbonyl (C=O) groups is 1. The van der Waals surface area contributed by atoms with Crippen LogP contribution in [0.4, 0.5) is 0 Å². The smallest absolute Gasteiger partial charge is 0.241 e. The summed E-state index contributed by atoms with van der Waals surface area (Å²) in [6, 6.07) is 0.0367. The van der Waals surface area contributed by atoms with Gasteiger partial charge < -0.3 is 4.90 Å². The Bertz CT molecular complexity index is 310. The maximum atomic E-state index is 12.6. The van der Waals surface area contributed by atoms with Crippen LogP contribution in [-0.2, 0) is 4.79 Å². The zero-order chi connectivity index (χ0) is 14.0. The van der Waals surface area contributed by atoms with E-state index in [0.717, 1.165) is 13.0 Å². The van der Waals surface area contributed by atoms with Crippen molar-refractivity contribution in [3.05, 3.63) is 0 Å². The molecule has 0 spiro atoms. The lowest BCUT2D eigenvalue weighted by Crippen LogP contribution is -2.44. The van der Waals surface area contributed by atoms with Crippen LogP contribution in [-0.4, -0.2) is 29.6 Å². The second-order valence-electron chi connectivity index (χ2n) is 6.88. The van der Waals surface area contributed by atoms with Crippen LogP contribution in [0.2, 0.25) is 0 Å². The van der Waals surface area contributed by atoms with Crippen LogP contribution in [0.1, 0.15) is 59.8 Å². The lowest BCUT2D eigenvalue weighted by Gasteiger charge is -2.30. The van der Waals surface area contributed by atoms with Gasteiger partial charge in [-0.1, -0.05) is 47.0 Å². The molecule has 3 unspecified atom stereocenters. The number of amides is 1. The maximum Gasteiger partial charge on any atom is 0.241 e. The van der Waals surface area contributed by atoms with E-state index in [2.05, 4.69) is 37.9 Å². The van der Waals surface area contributed by atoms with E-state index in [9.17, 15) is 4.79 Å². The molecular weight excluding hydrogens is 236 g/mol. The number of hydrogen-bond acceptors (Lipinski definition) is 2. The van der Waals surface area contributed by atoms with Gasteiger partial charge in [0.05, 0.1) is 12.2 Å². The predicted molar refractivity (Wildman–Crippen MR) is 78.7 cm³/mol. The first kappa shape index (κ1) is 14.8. The van der Waals surface area contributed by atoms with Gasteiger partial charge in [0.2, 0.25) is 5.91 Å². The van der Waals surface area contributed by atoms with Crippen LogP contribution in [0.5, 0.6) is 0 Å². The number of hydrogen-bond donors (Lipinski definition) is 1. The van der Waals surface area contributed by atoms with E-state index in [1.807, 2.05) is 0 Å². The summed E-state index contributed by atoms with van der Waals surface area (Å²) in [6.45, 7) is 9.68. The van der Waals surface area contributed by atoms with Gasteiger partial charge in [-0.25, -0.2) is 0 Å². The van der Waals surface area contributed by atoms with Crippen molar-refractivity contribution in [3.8, 4) is 0 Å². The Hall–Kier alpha value is -0.570. The minimum Gasteiger partial charge on any atom is -0.325 e. The fraction of sp³-hybridized carbons (Fsp3) is 0.938. The Morgan fingerprint density at radius 2 is 1.89 bits per heavy atom. The highest BCUT2D eigenvalue weighted by Crippen LogP contribution is 2.33. The van der Waals surface area contributed by atoms with Crippen molar-refractivity contribution in [3.63, 3.8) is 0 Å². The molecule has 1 N–H and O–H groups in total. The van der Waals surface area contributed by atoms with Crippen LogP contribution in [0.3, 0.4) is 0 Å². The molecule has 3 heteroatoms. The predicted octanol–water partition coefficient (Wildman–Crippen LogP) is 3.01. The largest absolute Gasteiger partial charge is 0.325 e. The van der Waals surface area contributed by atoms with Crippen LogP contribution < -0.4 is 5.32 Å². The van der Waals surface area contributed by atoms with Crippen LogP contribution in [0.25, 0.3) is 0 Å². The van der Waals surface area contributed by atoms with Crippen molar-refractivity contribution >= 4 is 5.91 Å². The van der Waals surface area contributed by atoms with E-state index in [0.29, 0.717) is 29.8 Å². The van der Waals surface area contributed by atoms with Gasteiger partial charge >= 0.3 is 0 Å². The summed E-state index contributed by atoms with van der Waals surface area (Å²) >= 11 is 0. The molecule has 3 atom stereocenters. The van der Waals surface area contributed by atoms with E-state index < -0.39 is 0 Å². The van der Waals surface area contributed by atoms with Crippen molar-refractivity contribution in [1.29, 1.82) is 0 Å². The monoisotopic (exact) mass is 266 g/mol. The summed E-state index contributed by atoms with van der Waals surface area (Å²) in [6.07, 6.45) is 6.69. The molecule has 110 valence electrons. The van der Waals surface area contributed by atoms with Crippen LogP contribution in [0, 0.1) is 17.8 Å². The highest BCUT2D eigenvalue weighted by molar-refractivity contribution is 5.84. The molecule has 1 amide bonds. The van der Waals surface area contributed by atoms with Gasteiger partial charge in [0, 0.05) is 6.54 Å². The van der Waals surface area contributed by atoms with Crippen LogP contribution >= 0.6 is 0 Å². The normalized spacial score (nSPS) is 30.6. The molecule has 1 saturated heterocycles. The maximum absolute atomic E-state index is 12.6. The highest BCUT2D eigenvalue weighted by atomic mass is 16.2. The van der Waals surface area contributed by atoms with E-state index in [1.165, 1.54) is 25.7 Å². The summed E-state index contributed by atoms with van der Waals surface area (Å²) in [5, 5.41) is 3.64. The van der Waals surface area contributed by atoms with Gasteiger partial charge in [0.25, 0.3) is 0 Å². The second-order valence-corrected chi connectivity index (χ2v) is 6.88. The van der Waals surface area contributed by atoms with Gasteiger partial charge in [-0.3, -0.25) is 10.1 Å². The van der Waals surface area contributed by atoms with Crippen molar-refractivity contribution in [1.82, 2.24) is 10.2 Å². The molecule has 0 aromatic carbocycles. The average Bonchev–Trinajstić information content (AvgIpc) is 2.98. The molecule has 0 aromatic rings. The Balaban J connectivity index is 2.10. The summed E-state index contributed by atoms with van der Waals surface area (Å²) in [4.78, 5) is 14.8. The summed E-state index contributed by atoms with van der Waals surface area (Å²) in [5.41, 5.74) is 0. The quantitative estimate of drug-likeness (QED) is 0.829. The molecule has 1 aliphatic heterocycles. The molecule has 0 aromatic heterocycles. The van der Waals surface area contributed by atoms with Gasteiger partial charge in [-0.2, -0.15) is 0 Å². The fourth-order valence-electron chi connectivity index (χ4n) is 3.47. The minimum atomic E-state index is 0.0367. The topological polar surface area (TPSA) is 32.3 Å².